The normalized spacial score (nSPS) is 15.2. The van der Waals surface area contributed by atoms with E-state index < -0.39 is 17.3 Å². The molecule has 30 heavy (non-hydrogen) atoms. The monoisotopic (exact) mass is 425 g/mol. The molecule has 1 aromatic carbocycles. The largest absolute Gasteiger partial charge is 0.444 e. The summed E-state index contributed by atoms with van der Waals surface area (Å²) >= 11 is 0. The molecule has 2 amide bonds. The molecule has 9 heteroatoms. The second-order valence-electron chi connectivity index (χ2n) is 7.90. The Bertz CT molecular complexity index is 815. The fourth-order valence-corrected chi connectivity index (χ4v) is 2.74. The van der Waals surface area contributed by atoms with Gasteiger partial charge in [-0.25, -0.2) is 4.79 Å². The van der Waals surface area contributed by atoms with Crippen molar-refractivity contribution in [2.75, 3.05) is 39.3 Å². The average molecular weight is 425 g/mol. The number of nitrogens with zero attached hydrogens (tertiary/aromatic N) is 2. The van der Waals surface area contributed by atoms with Crippen LogP contribution in [0.15, 0.2) is 24.3 Å². The minimum atomic E-state index is -4.42. The zero-order chi connectivity index (χ0) is 22.4. The Morgan fingerprint density at radius 1 is 1.13 bits per heavy atom. The lowest BCUT2D eigenvalue weighted by molar-refractivity contribution is -0.137. The quantitative estimate of drug-likeness (QED) is 0.757. The molecular weight excluding hydrogens is 399 g/mol. The molecule has 2 rings (SSSR count). The minimum absolute atomic E-state index is 0.0347. The van der Waals surface area contributed by atoms with Crippen molar-refractivity contribution < 1.29 is 27.5 Å². The number of nitrogens with one attached hydrogen (secondary N) is 1. The first-order chi connectivity index (χ1) is 13.9. The first-order valence-electron chi connectivity index (χ1n) is 9.57. The van der Waals surface area contributed by atoms with Crippen LogP contribution in [0.3, 0.4) is 0 Å². The maximum absolute atomic E-state index is 12.7. The second-order valence-corrected chi connectivity index (χ2v) is 7.90. The fourth-order valence-electron chi connectivity index (χ4n) is 2.74. The van der Waals surface area contributed by atoms with Crippen molar-refractivity contribution in [3.8, 4) is 11.8 Å². The standard InChI is InChI=1S/C21H26F3N3O3/c1-20(2,3)30-19(29)27-12-10-26(11-13-27)15-18(28)25-9-5-7-16-6-4-8-17(14-16)21(22,23)24/h4,6,8,14H,9-13,15H2,1-3H3,(H,25,28). The molecule has 0 spiro atoms. The first kappa shape index (κ1) is 23.5. The summed E-state index contributed by atoms with van der Waals surface area (Å²) in [6.45, 7) is 7.64. The van der Waals surface area contributed by atoms with Gasteiger partial charge in [-0.1, -0.05) is 17.9 Å². The average Bonchev–Trinajstić information content (AvgIpc) is 2.64. The lowest BCUT2D eigenvalue weighted by Crippen LogP contribution is -2.52. The van der Waals surface area contributed by atoms with Gasteiger partial charge in [0.25, 0.3) is 0 Å². The zero-order valence-corrected chi connectivity index (χ0v) is 17.3. The molecule has 1 aromatic rings. The van der Waals surface area contributed by atoms with Crippen molar-refractivity contribution in [3.05, 3.63) is 35.4 Å². The molecule has 0 atom stereocenters. The molecule has 1 aliphatic rings. The number of benzene rings is 1. The first-order valence-corrected chi connectivity index (χ1v) is 9.57. The highest BCUT2D eigenvalue weighted by Gasteiger charge is 2.30. The van der Waals surface area contributed by atoms with Crippen molar-refractivity contribution in [2.24, 2.45) is 0 Å². The van der Waals surface area contributed by atoms with E-state index in [1.807, 2.05) is 4.90 Å². The molecule has 164 valence electrons. The highest BCUT2D eigenvalue weighted by molar-refractivity contribution is 5.78. The lowest BCUT2D eigenvalue weighted by Gasteiger charge is -2.35. The van der Waals surface area contributed by atoms with Gasteiger partial charge >= 0.3 is 12.3 Å². The fraction of sp³-hybridized carbons (Fsp3) is 0.524. The van der Waals surface area contributed by atoms with Crippen molar-refractivity contribution in [3.63, 3.8) is 0 Å². The molecule has 0 radical (unpaired) electrons. The molecule has 0 aliphatic carbocycles. The molecule has 0 unspecified atom stereocenters. The molecule has 1 aliphatic heterocycles. The van der Waals surface area contributed by atoms with Crippen LogP contribution in [-0.4, -0.2) is 66.7 Å². The second kappa shape index (κ2) is 9.85. The molecule has 1 saturated heterocycles. The Hall–Kier alpha value is -2.73. The van der Waals surface area contributed by atoms with Crippen molar-refractivity contribution in [1.82, 2.24) is 15.1 Å². The van der Waals surface area contributed by atoms with Crippen LogP contribution < -0.4 is 5.32 Å². The number of halogens is 3. The van der Waals surface area contributed by atoms with Crippen LogP contribution in [0.2, 0.25) is 0 Å². The Labute approximate surface area is 174 Å². The van der Waals surface area contributed by atoms with Crippen LogP contribution in [0, 0.1) is 11.8 Å². The van der Waals surface area contributed by atoms with Gasteiger partial charge in [0.1, 0.15) is 5.60 Å². The number of alkyl halides is 3. The number of ether oxygens (including phenoxy) is 1. The number of amides is 2. The van der Waals surface area contributed by atoms with E-state index in [1.54, 1.807) is 25.7 Å². The number of carbonyl (C=O) groups is 2. The minimum Gasteiger partial charge on any atom is -0.444 e. The van der Waals surface area contributed by atoms with E-state index >= 15 is 0 Å². The third kappa shape index (κ3) is 7.95. The third-order valence-electron chi connectivity index (χ3n) is 4.19. The van der Waals surface area contributed by atoms with Crippen LogP contribution in [0.4, 0.5) is 18.0 Å². The number of hydrogen-bond acceptors (Lipinski definition) is 4. The van der Waals surface area contributed by atoms with E-state index in [-0.39, 0.29) is 30.7 Å². The topological polar surface area (TPSA) is 61.9 Å². The van der Waals surface area contributed by atoms with Crippen LogP contribution in [0.25, 0.3) is 0 Å². The summed E-state index contributed by atoms with van der Waals surface area (Å²) in [7, 11) is 0. The number of rotatable bonds is 3. The summed E-state index contributed by atoms with van der Waals surface area (Å²) in [6.07, 6.45) is -4.78. The summed E-state index contributed by atoms with van der Waals surface area (Å²) in [5, 5.41) is 2.63. The Morgan fingerprint density at radius 3 is 2.40 bits per heavy atom. The maximum atomic E-state index is 12.7. The van der Waals surface area contributed by atoms with E-state index in [0.29, 0.717) is 26.2 Å². The maximum Gasteiger partial charge on any atom is 0.416 e. The summed E-state index contributed by atoms with van der Waals surface area (Å²) < 4.78 is 43.4. The third-order valence-corrected chi connectivity index (χ3v) is 4.19. The van der Waals surface area contributed by atoms with Crippen LogP contribution in [-0.2, 0) is 15.7 Å². The SMILES string of the molecule is CC(C)(C)OC(=O)N1CCN(CC(=O)NCC#Cc2cccc(C(F)(F)F)c2)CC1. The highest BCUT2D eigenvalue weighted by Crippen LogP contribution is 2.29. The summed E-state index contributed by atoms with van der Waals surface area (Å²) in [5.74, 6) is 5.03. The number of hydrogen-bond donors (Lipinski definition) is 1. The van der Waals surface area contributed by atoms with Crippen LogP contribution >= 0.6 is 0 Å². The van der Waals surface area contributed by atoms with E-state index in [0.717, 1.165) is 12.1 Å². The van der Waals surface area contributed by atoms with Gasteiger partial charge in [-0.3, -0.25) is 9.69 Å². The predicted octanol–water partition coefficient (Wildman–Crippen LogP) is 2.73. The molecule has 0 aromatic heterocycles. The summed E-state index contributed by atoms with van der Waals surface area (Å²) in [6, 6.07) is 4.73. The van der Waals surface area contributed by atoms with E-state index in [1.165, 1.54) is 12.1 Å². The summed E-state index contributed by atoms with van der Waals surface area (Å²) in [5.41, 5.74) is -1.08. The smallest absolute Gasteiger partial charge is 0.416 e. The van der Waals surface area contributed by atoms with Gasteiger partial charge in [0, 0.05) is 31.7 Å². The van der Waals surface area contributed by atoms with Gasteiger partial charge in [-0.05, 0) is 39.0 Å². The van der Waals surface area contributed by atoms with Gasteiger partial charge in [0.15, 0.2) is 0 Å². The molecular formula is C21H26F3N3O3. The van der Waals surface area contributed by atoms with Gasteiger partial charge < -0.3 is 15.0 Å². The lowest BCUT2D eigenvalue weighted by atomic mass is 10.1. The van der Waals surface area contributed by atoms with Gasteiger partial charge in [0.05, 0.1) is 18.7 Å². The van der Waals surface area contributed by atoms with Crippen LogP contribution in [0.1, 0.15) is 31.9 Å². The highest BCUT2D eigenvalue weighted by atomic mass is 19.4. The van der Waals surface area contributed by atoms with E-state index in [2.05, 4.69) is 17.2 Å². The Morgan fingerprint density at radius 2 is 1.80 bits per heavy atom. The van der Waals surface area contributed by atoms with Crippen LogP contribution in [0.5, 0.6) is 0 Å². The molecule has 1 heterocycles. The predicted molar refractivity (Wildman–Crippen MR) is 106 cm³/mol. The van der Waals surface area contributed by atoms with Gasteiger partial charge in [-0.15, -0.1) is 0 Å². The van der Waals surface area contributed by atoms with Crippen molar-refractivity contribution in [1.29, 1.82) is 0 Å². The van der Waals surface area contributed by atoms with E-state index in [9.17, 15) is 22.8 Å². The molecule has 1 fully saturated rings. The molecule has 0 bridgehead atoms. The Balaban J connectivity index is 1.73. The Kier molecular flexibility index (Phi) is 7.73. The van der Waals surface area contributed by atoms with Crippen molar-refractivity contribution in [2.45, 2.75) is 32.5 Å². The van der Waals surface area contributed by atoms with Crippen molar-refractivity contribution >= 4 is 12.0 Å². The number of carbonyl (C=O) groups excluding carboxylic acids is 2. The molecule has 1 N–H and O–H groups in total. The molecule has 6 nitrogen and oxygen atoms in total. The summed E-state index contributed by atoms with van der Waals surface area (Å²) in [4.78, 5) is 27.6. The van der Waals surface area contributed by atoms with E-state index in [4.69, 9.17) is 4.74 Å². The number of piperazine rings is 1. The van der Waals surface area contributed by atoms with Gasteiger partial charge in [0.2, 0.25) is 5.91 Å². The zero-order valence-electron chi connectivity index (χ0n) is 17.3. The van der Waals surface area contributed by atoms with Gasteiger partial charge in [-0.2, -0.15) is 13.2 Å². The molecule has 0 saturated carbocycles.